The van der Waals surface area contributed by atoms with Crippen LogP contribution in [0.4, 0.5) is 5.69 Å². The monoisotopic (exact) mass is 322 g/mol. The van der Waals surface area contributed by atoms with Gasteiger partial charge in [-0.15, -0.1) is 0 Å². The van der Waals surface area contributed by atoms with Crippen LogP contribution in [0.3, 0.4) is 0 Å². The molecule has 1 amide bonds. The Morgan fingerprint density at radius 3 is 2.54 bits per heavy atom. The third-order valence-electron chi connectivity index (χ3n) is 4.74. The summed E-state index contributed by atoms with van der Waals surface area (Å²) in [5.41, 5.74) is 3.47. The van der Waals surface area contributed by atoms with Gasteiger partial charge in [0.1, 0.15) is 0 Å². The fourth-order valence-corrected chi connectivity index (χ4v) is 3.42. The summed E-state index contributed by atoms with van der Waals surface area (Å²) in [6.45, 7) is 4.55. The topological polar surface area (TPSA) is 32.3 Å². The van der Waals surface area contributed by atoms with Gasteiger partial charge in [-0.3, -0.25) is 9.69 Å². The molecule has 1 saturated heterocycles. The second kappa shape index (κ2) is 8.11. The van der Waals surface area contributed by atoms with Crippen molar-refractivity contribution in [2.75, 3.05) is 25.0 Å². The lowest BCUT2D eigenvalue weighted by Crippen LogP contribution is -2.39. The van der Waals surface area contributed by atoms with E-state index < -0.39 is 0 Å². The van der Waals surface area contributed by atoms with Gasteiger partial charge in [0, 0.05) is 5.69 Å². The minimum absolute atomic E-state index is 0.0853. The van der Waals surface area contributed by atoms with Crippen molar-refractivity contribution in [2.45, 2.75) is 26.2 Å². The van der Waals surface area contributed by atoms with Gasteiger partial charge in [-0.05, 0) is 68.5 Å². The fraction of sp³-hybridized carbons (Fsp3) is 0.381. The van der Waals surface area contributed by atoms with E-state index in [0.717, 1.165) is 36.7 Å². The van der Waals surface area contributed by atoms with Crippen LogP contribution in [0.25, 0.3) is 0 Å². The van der Waals surface area contributed by atoms with Gasteiger partial charge in [0.25, 0.3) is 0 Å². The van der Waals surface area contributed by atoms with Gasteiger partial charge in [0.15, 0.2) is 0 Å². The van der Waals surface area contributed by atoms with Crippen LogP contribution < -0.4 is 5.32 Å². The zero-order valence-electron chi connectivity index (χ0n) is 14.4. The smallest absolute Gasteiger partial charge is 0.238 e. The Bertz CT molecular complexity index is 661. The molecule has 3 nitrogen and oxygen atoms in total. The summed E-state index contributed by atoms with van der Waals surface area (Å²) in [4.78, 5) is 14.5. The van der Waals surface area contributed by atoms with Gasteiger partial charge in [-0.2, -0.15) is 0 Å². The first-order valence-corrected chi connectivity index (χ1v) is 8.82. The molecule has 0 bridgehead atoms. The molecule has 3 rings (SSSR count). The lowest BCUT2D eigenvalue weighted by atomic mass is 9.90. The summed E-state index contributed by atoms with van der Waals surface area (Å²) in [5, 5.41) is 3.00. The van der Waals surface area contributed by atoms with Crippen molar-refractivity contribution >= 4 is 11.6 Å². The first-order valence-electron chi connectivity index (χ1n) is 8.82. The minimum atomic E-state index is 0.0853. The van der Waals surface area contributed by atoms with Crippen molar-refractivity contribution in [1.82, 2.24) is 4.90 Å². The molecule has 1 aliphatic rings. The zero-order chi connectivity index (χ0) is 16.8. The average Bonchev–Trinajstić information content (AvgIpc) is 2.57. The predicted molar refractivity (Wildman–Crippen MR) is 99.1 cm³/mol. The summed E-state index contributed by atoms with van der Waals surface area (Å²) in [5.74, 6) is 0.825. The maximum atomic E-state index is 12.2. The number of rotatable bonds is 5. The summed E-state index contributed by atoms with van der Waals surface area (Å²) in [6, 6.07) is 18.7. The Hall–Kier alpha value is -2.13. The number of nitrogens with one attached hydrogen (secondary N) is 1. The quantitative estimate of drug-likeness (QED) is 0.906. The highest BCUT2D eigenvalue weighted by Crippen LogP contribution is 2.21. The van der Waals surface area contributed by atoms with Gasteiger partial charge < -0.3 is 5.32 Å². The van der Waals surface area contributed by atoms with E-state index in [2.05, 4.69) is 40.5 Å². The van der Waals surface area contributed by atoms with Crippen LogP contribution in [-0.2, 0) is 11.2 Å². The fourth-order valence-electron chi connectivity index (χ4n) is 3.42. The molecular formula is C21H26N2O. The normalized spacial score (nSPS) is 16.0. The highest BCUT2D eigenvalue weighted by atomic mass is 16.2. The number of aryl methyl sites for hydroxylation is 1. The van der Waals surface area contributed by atoms with Crippen molar-refractivity contribution < 1.29 is 4.79 Å². The molecule has 1 aliphatic heterocycles. The number of hydrogen-bond donors (Lipinski definition) is 1. The van der Waals surface area contributed by atoms with Crippen molar-refractivity contribution in [3.63, 3.8) is 0 Å². The predicted octanol–water partition coefficient (Wildman–Crippen LogP) is 3.89. The van der Waals surface area contributed by atoms with E-state index in [0.29, 0.717) is 6.54 Å². The van der Waals surface area contributed by atoms with Crippen molar-refractivity contribution in [1.29, 1.82) is 0 Å². The lowest BCUT2D eigenvalue weighted by Gasteiger charge is -2.31. The molecule has 0 spiro atoms. The second-order valence-corrected chi connectivity index (χ2v) is 6.83. The highest BCUT2D eigenvalue weighted by molar-refractivity contribution is 5.92. The molecule has 2 aromatic rings. The second-order valence-electron chi connectivity index (χ2n) is 6.83. The number of carbonyl (C=O) groups is 1. The zero-order valence-corrected chi connectivity index (χ0v) is 14.4. The number of amides is 1. The lowest BCUT2D eigenvalue weighted by molar-refractivity contribution is -0.117. The minimum Gasteiger partial charge on any atom is -0.325 e. The maximum Gasteiger partial charge on any atom is 0.238 e. The number of nitrogens with zero attached hydrogens (tertiary/aromatic N) is 1. The van der Waals surface area contributed by atoms with Gasteiger partial charge in [0.05, 0.1) is 6.54 Å². The number of hydrogen-bond acceptors (Lipinski definition) is 2. The summed E-state index contributed by atoms with van der Waals surface area (Å²) in [6.07, 6.45) is 3.50. The molecule has 0 unspecified atom stereocenters. The highest BCUT2D eigenvalue weighted by Gasteiger charge is 2.21. The van der Waals surface area contributed by atoms with Crippen LogP contribution in [0.5, 0.6) is 0 Å². The molecule has 126 valence electrons. The average molecular weight is 322 g/mol. The molecular weight excluding hydrogens is 296 g/mol. The first kappa shape index (κ1) is 16.7. The number of anilines is 1. The van der Waals surface area contributed by atoms with E-state index in [4.69, 9.17) is 0 Å². The molecule has 0 radical (unpaired) electrons. The SMILES string of the molecule is Cc1cccc(NC(=O)CN2CCC(Cc3ccccc3)CC2)c1. The van der Waals surface area contributed by atoms with Gasteiger partial charge >= 0.3 is 0 Å². The molecule has 1 fully saturated rings. The van der Waals surface area contributed by atoms with Crippen LogP contribution in [0.15, 0.2) is 54.6 Å². The van der Waals surface area contributed by atoms with Crippen LogP contribution in [0, 0.1) is 12.8 Å². The molecule has 2 aromatic carbocycles. The molecule has 3 heteroatoms. The number of benzene rings is 2. The standard InChI is InChI=1S/C21H26N2O/c1-17-6-5-9-20(14-17)22-21(24)16-23-12-10-19(11-13-23)15-18-7-3-2-4-8-18/h2-9,14,19H,10-13,15-16H2,1H3,(H,22,24). The van der Waals surface area contributed by atoms with E-state index in [1.807, 2.05) is 31.2 Å². The van der Waals surface area contributed by atoms with Crippen LogP contribution >= 0.6 is 0 Å². The molecule has 0 aliphatic carbocycles. The van der Waals surface area contributed by atoms with E-state index in [-0.39, 0.29) is 5.91 Å². The molecule has 0 saturated carbocycles. The summed E-state index contributed by atoms with van der Waals surface area (Å²) < 4.78 is 0. The van der Waals surface area contributed by atoms with Crippen LogP contribution in [-0.4, -0.2) is 30.4 Å². The summed E-state index contributed by atoms with van der Waals surface area (Å²) in [7, 11) is 0. The van der Waals surface area contributed by atoms with E-state index >= 15 is 0 Å². The Kier molecular flexibility index (Phi) is 5.65. The Labute approximate surface area is 144 Å². The van der Waals surface area contributed by atoms with Gasteiger partial charge in [-0.25, -0.2) is 0 Å². The first-order chi connectivity index (χ1) is 11.7. The third-order valence-corrected chi connectivity index (χ3v) is 4.74. The van der Waals surface area contributed by atoms with Crippen molar-refractivity contribution in [3.05, 3.63) is 65.7 Å². The summed E-state index contributed by atoms with van der Waals surface area (Å²) >= 11 is 0. The van der Waals surface area contributed by atoms with Gasteiger partial charge in [0.2, 0.25) is 5.91 Å². The van der Waals surface area contributed by atoms with Gasteiger partial charge in [-0.1, -0.05) is 42.5 Å². The molecule has 0 atom stereocenters. The number of carbonyl (C=O) groups excluding carboxylic acids is 1. The molecule has 1 N–H and O–H groups in total. The van der Waals surface area contributed by atoms with Crippen LogP contribution in [0.1, 0.15) is 24.0 Å². The molecule has 0 aromatic heterocycles. The van der Waals surface area contributed by atoms with E-state index in [1.165, 1.54) is 18.4 Å². The molecule has 1 heterocycles. The largest absolute Gasteiger partial charge is 0.325 e. The Morgan fingerprint density at radius 2 is 1.83 bits per heavy atom. The van der Waals surface area contributed by atoms with Crippen molar-refractivity contribution in [3.8, 4) is 0 Å². The van der Waals surface area contributed by atoms with Crippen molar-refractivity contribution in [2.24, 2.45) is 5.92 Å². The number of piperidine rings is 1. The Balaban J connectivity index is 1.42. The van der Waals surface area contributed by atoms with E-state index in [9.17, 15) is 4.79 Å². The molecule has 24 heavy (non-hydrogen) atoms. The Morgan fingerprint density at radius 1 is 1.08 bits per heavy atom. The third kappa shape index (κ3) is 4.93. The van der Waals surface area contributed by atoms with Crippen LogP contribution in [0.2, 0.25) is 0 Å². The van der Waals surface area contributed by atoms with E-state index in [1.54, 1.807) is 0 Å². The number of likely N-dealkylation sites (tertiary alicyclic amines) is 1. The maximum absolute atomic E-state index is 12.2.